The minimum Gasteiger partial charge on any atom is -0.483 e. The van der Waals surface area contributed by atoms with E-state index in [9.17, 15) is 9.59 Å². The summed E-state index contributed by atoms with van der Waals surface area (Å²) in [5.41, 5.74) is 2.74. The second-order valence-electron chi connectivity index (χ2n) is 10.1. The summed E-state index contributed by atoms with van der Waals surface area (Å²) >= 11 is 12.4. The van der Waals surface area contributed by atoms with Crippen LogP contribution in [0.15, 0.2) is 72.8 Å². The number of benzene rings is 3. The smallest absolute Gasteiger partial charge is 0.261 e. The second kappa shape index (κ2) is 14.2. The van der Waals surface area contributed by atoms with Crippen molar-refractivity contribution in [2.24, 2.45) is 5.92 Å². The first-order chi connectivity index (χ1) is 18.2. The Morgan fingerprint density at radius 3 is 2.21 bits per heavy atom. The van der Waals surface area contributed by atoms with Crippen LogP contribution in [0.5, 0.6) is 5.75 Å². The highest BCUT2D eigenvalue weighted by Gasteiger charge is 2.31. The number of hydrogen-bond acceptors (Lipinski definition) is 3. The Morgan fingerprint density at radius 2 is 1.55 bits per heavy atom. The Hall–Kier alpha value is -3.02. The van der Waals surface area contributed by atoms with Gasteiger partial charge in [0, 0.05) is 19.5 Å². The molecule has 3 aromatic rings. The molecule has 1 N–H and O–H groups in total. The third-order valence-corrected chi connectivity index (χ3v) is 6.92. The SMILES string of the molecule is CC(C)CNC(=O)[C@H](Cc1ccccc1)N(Cc1ccc(Cl)c(Cl)c1)C(=O)COc1ccccc1C(C)C. The minimum absolute atomic E-state index is 0.178. The molecule has 0 aliphatic heterocycles. The van der Waals surface area contributed by atoms with Gasteiger partial charge in [0.05, 0.1) is 10.0 Å². The molecule has 0 fully saturated rings. The van der Waals surface area contributed by atoms with Crippen molar-refractivity contribution in [2.45, 2.75) is 52.6 Å². The number of carbonyl (C=O) groups is 2. The molecule has 0 unspecified atom stereocenters. The molecule has 0 aromatic heterocycles. The lowest BCUT2D eigenvalue weighted by molar-refractivity contribution is -0.142. The zero-order chi connectivity index (χ0) is 27.7. The zero-order valence-corrected chi connectivity index (χ0v) is 23.9. The molecule has 3 rings (SSSR count). The highest BCUT2D eigenvalue weighted by Crippen LogP contribution is 2.27. The minimum atomic E-state index is -0.748. The van der Waals surface area contributed by atoms with Gasteiger partial charge in [0.2, 0.25) is 5.91 Å². The van der Waals surface area contributed by atoms with E-state index in [-0.39, 0.29) is 36.8 Å². The fourth-order valence-electron chi connectivity index (χ4n) is 4.12. The van der Waals surface area contributed by atoms with Crippen molar-refractivity contribution in [3.05, 3.63) is 99.5 Å². The van der Waals surface area contributed by atoms with E-state index in [2.05, 4.69) is 19.2 Å². The maximum atomic E-state index is 13.8. The third kappa shape index (κ3) is 8.50. The molecule has 202 valence electrons. The molecule has 0 saturated heterocycles. The van der Waals surface area contributed by atoms with Crippen molar-refractivity contribution >= 4 is 35.0 Å². The number of ether oxygens (including phenoxy) is 1. The summed E-state index contributed by atoms with van der Waals surface area (Å²) in [5.74, 6) is 0.663. The van der Waals surface area contributed by atoms with Crippen molar-refractivity contribution in [2.75, 3.05) is 13.2 Å². The van der Waals surface area contributed by atoms with E-state index in [0.717, 1.165) is 16.7 Å². The zero-order valence-electron chi connectivity index (χ0n) is 22.4. The summed E-state index contributed by atoms with van der Waals surface area (Å²) in [6.07, 6.45) is 0.362. The Bertz CT molecular complexity index is 1210. The van der Waals surface area contributed by atoms with Gasteiger partial charge in [-0.2, -0.15) is 0 Å². The quantitative estimate of drug-likeness (QED) is 0.264. The first kappa shape index (κ1) is 29.5. The molecular weight excluding hydrogens is 519 g/mol. The number of hydrogen-bond donors (Lipinski definition) is 1. The molecule has 7 heteroatoms. The van der Waals surface area contributed by atoms with Gasteiger partial charge in [-0.25, -0.2) is 0 Å². The molecule has 1 atom stereocenters. The van der Waals surface area contributed by atoms with Gasteiger partial charge in [-0.05, 0) is 46.7 Å². The number of halogens is 2. The summed E-state index contributed by atoms with van der Waals surface area (Å²) in [6.45, 7) is 8.71. The number of nitrogens with zero attached hydrogens (tertiary/aromatic N) is 1. The van der Waals surface area contributed by atoms with Gasteiger partial charge in [0.15, 0.2) is 6.61 Å². The van der Waals surface area contributed by atoms with Crippen LogP contribution in [-0.4, -0.2) is 35.9 Å². The Balaban J connectivity index is 1.94. The number of para-hydroxylation sites is 1. The molecule has 5 nitrogen and oxygen atoms in total. The second-order valence-corrected chi connectivity index (χ2v) is 10.9. The van der Waals surface area contributed by atoms with E-state index in [4.69, 9.17) is 27.9 Å². The summed E-state index contributed by atoms with van der Waals surface area (Å²) in [5, 5.41) is 3.84. The lowest BCUT2D eigenvalue weighted by atomic mass is 10.0. The molecule has 2 amide bonds. The van der Waals surface area contributed by atoms with Gasteiger partial charge in [-0.3, -0.25) is 9.59 Å². The molecule has 0 radical (unpaired) electrons. The predicted octanol–water partition coefficient (Wildman–Crippen LogP) is 6.91. The molecule has 0 saturated carbocycles. The fourth-order valence-corrected chi connectivity index (χ4v) is 4.44. The third-order valence-electron chi connectivity index (χ3n) is 6.18. The van der Waals surface area contributed by atoms with Gasteiger partial charge in [-0.1, -0.05) is 105 Å². The highest BCUT2D eigenvalue weighted by molar-refractivity contribution is 6.42. The van der Waals surface area contributed by atoms with Crippen molar-refractivity contribution in [1.82, 2.24) is 10.2 Å². The normalized spacial score (nSPS) is 11.9. The topological polar surface area (TPSA) is 58.6 Å². The molecule has 0 bridgehead atoms. The first-order valence-corrected chi connectivity index (χ1v) is 13.7. The van der Waals surface area contributed by atoms with Gasteiger partial charge >= 0.3 is 0 Å². The molecular formula is C31H36Cl2N2O3. The van der Waals surface area contributed by atoms with E-state index in [1.807, 2.05) is 74.5 Å². The monoisotopic (exact) mass is 554 g/mol. The molecule has 0 aliphatic rings. The van der Waals surface area contributed by atoms with E-state index >= 15 is 0 Å². The van der Waals surface area contributed by atoms with Crippen molar-refractivity contribution in [3.8, 4) is 5.75 Å². The van der Waals surface area contributed by atoms with Crippen molar-refractivity contribution < 1.29 is 14.3 Å². The Kier molecular flexibility index (Phi) is 11.1. The van der Waals surface area contributed by atoms with E-state index in [1.54, 1.807) is 17.0 Å². The summed E-state index contributed by atoms with van der Waals surface area (Å²) in [7, 11) is 0. The summed E-state index contributed by atoms with van der Waals surface area (Å²) in [4.78, 5) is 28.9. The molecule has 0 spiro atoms. The van der Waals surface area contributed by atoms with Gasteiger partial charge < -0.3 is 15.0 Å². The maximum Gasteiger partial charge on any atom is 0.261 e. The highest BCUT2D eigenvalue weighted by atomic mass is 35.5. The number of amides is 2. The fraction of sp³-hybridized carbons (Fsp3) is 0.355. The lowest BCUT2D eigenvalue weighted by Gasteiger charge is -2.32. The van der Waals surface area contributed by atoms with Crippen LogP contribution in [0.4, 0.5) is 0 Å². The number of rotatable bonds is 12. The number of nitrogens with one attached hydrogen (secondary N) is 1. The average molecular weight is 556 g/mol. The van der Waals surface area contributed by atoms with Crippen LogP contribution in [0.3, 0.4) is 0 Å². The average Bonchev–Trinajstić information content (AvgIpc) is 2.90. The van der Waals surface area contributed by atoms with Crippen LogP contribution in [0, 0.1) is 5.92 Å². The molecule has 3 aromatic carbocycles. The predicted molar refractivity (Wildman–Crippen MR) is 155 cm³/mol. The van der Waals surface area contributed by atoms with Gasteiger partial charge in [-0.15, -0.1) is 0 Å². The van der Waals surface area contributed by atoms with Crippen LogP contribution in [-0.2, 0) is 22.6 Å². The van der Waals surface area contributed by atoms with E-state index in [0.29, 0.717) is 28.8 Å². The van der Waals surface area contributed by atoms with Crippen molar-refractivity contribution in [3.63, 3.8) is 0 Å². The molecule has 38 heavy (non-hydrogen) atoms. The first-order valence-electron chi connectivity index (χ1n) is 12.9. The molecule has 0 aliphatic carbocycles. The van der Waals surface area contributed by atoms with Crippen LogP contribution < -0.4 is 10.1 Å². The number of carbonyl (C=O) groups excluding carboxylic acids is 2. The van der Waals surface area contributed by atoms with Gasteiger partial charge in [0.25, 0.3) is 5.91 Å². The van der Waals surface area contributed by atoms with E-state index < -0.39 is 6.04 Å². The van der Waals surface area contributed by atoms with Crippen LogP contribution in [0.2, 0.25) is 10.0 Å². The lowest BCUT2D eigenvalue weighted by Crippen LogP contribution is -2.52. The van der Waals surface area contributed by atoms with Crippen LogP contribution in [0.1, 0.15) is 50.3 Å². The Labute approximate surface area is 236 Å². The van der Waals surface area contributed by atoms with Gasteiger partial charge in [0.1, 0.15) is 11.8 Å². The maximum absolute atomic E-state index is 13.8. The molecule has 0 heterocycles. The standard InChI is InChI=1S/C31H36Cl2N2O3/c1-21(2)18-34-31(37)28(17-23-10-6-5-7-11-23)35(19-24-14-15-26(32)27(33)16-24)30(36)20-38-29-13-9-8-12-25(29)22(3)4/h5-16,21-22,28H,17-20H2,1-4H3,(H,34,37)/t28-/m0/s1. The van der Waals surface area contributed by atoms with Crippen LogP contribution >= 0.6 is 23.2 Å². The van der Waals surface area contributed by atoms with Crippen molar-refractivity contribution in [1.29, 1.82) is 0 Å². The van der Waals surface area contributed by atoms with Crippen LogP contribution in [0.25, 0.3) is 0 Å². The Morgan fingerprint density at radius 1 is 0.868 bits per heavy atom. The summed E-state index contributed by atoms with van der Waals surface area (Å²) < 4.78 is 6.03. The van der Waals surface area contributed by atoms with E-state index in [1.165, 1.54) is 0 Å². The summed E-state index contributed by atoms with van der Waals surface area (Å²) in [6, 6.07) is 21.9. The largest absolute Gasteiger partial charge is 0.483 e.